The van der Waals surface area contributed by atoms with Crippen LogP contribution in [0.1, 0.15) is 19.8 Å². The predicted octanol–water partition coefficient (Wildman–Crippen LogP) is 1.14. The van der Waals surface area contributed by atoms with Gasteiger partial charge in [0.05, 0.1) is 7.11 Å². The molecule has 0 saturated heterocycles. The molecule has 1 rings (SSSR count). The first-order chi connectivity index (χ1) is 4.72. The van der Waals surface area contributed by atoms with Crippen LogP contribution in [0.2, 0.25) is 0 Å². The second-order valence-corrected chi connectivity index (χ2v) is 2.91. The molecule has 1 saturated carbocycles. The van der Waals surface area contributed by atoms with Crippen LogP contribution in [0.25, 0.3) is 0 Å². The zero-order chi connectivity index (χ0) is 7.56. The fraction of sp³-hybridized carbons (Fsp3) is 0.857. The van der Waals surface area contributed by atoms with Crippen LogP contribution in [0.4, 0.5) is 4.79 Å². The van der Waals surface area contributed by atoms with Gasteiger partial charge in [0.25, 0.3) is 0 Å². The predicted molar refractivity (Wildman–Crippen MR) is 37.7 cm³/mol. The molecule has 0 heterocycles. The third kappa shape index (κ3) is 1.62. The van der Waals surface area contributed by atoms with E-state index in [9.17, 15) is 4.79 Å². The largest absolute Gasteiger partial charge is 0.453 e. The Kier molecular flexibility index (Phi) is 2.14. The van der Waals surface area contributed by atoms with E-state index in [1.165, 1.54) is 7.11 Å². The van der Waals surface area contributed by atoms with Crippen molar-refractivity contribution in [2.45, 2.75) is 25.8 Å². The summed E-state index contributed by atoms with van der Waals surface area (Å²) in [6.07, 6.45) is 1.88. The van der Waals surface area contributed by atoms with Gasteiger partial charge in [0.2, 0.25) is 0 Å². The quantitative estimate of drug-likeness (QED) is 0.597. The van der Waals surface area contributed by atoms with E-state index < -0.39 is 0 Å². The van der Waals surface area contributed by atoms with E-state index in [0.717, 1.165) is 18.8 Å². The molecule has 0 atom stereocenters. The van der Waals surface area contributed by atoms with Crippen LogP contribution in [0.15, 0.2) is 0 Å². The van der Waals surface area contributed by atoms with Crippen molar-refractivity contribution < 1.29 is 9.53 Å². The van der Waals surface area contributed by atoms with E-state index in [1.54, 1.807) is 0 Å². The number of carbonyl (C=O) groups excluding carboxylic acids is 1. The zero-order valence-electron chi connectivity index (χ0n) is 6.39. The molecule has 0 aromatic carbocycles. The van der Waals surface area contributed by atoms with E-state index in [1.807, 2.05) is 0 Å². The highest BCUT2D eigenvalue weighted by Crippen LogP contribution is 2.25. The van der Waals surface area contributed by atoms with E-state index in [0.29, 0.717) is 6.04 Å². The zero-order valence-corrected chi connectivity index (χ0v) is 6.39. The van der Waals surface area contributed by atoms with Crippen molar-refractivity contribution in [3.63, 3.8) is 0 Å². The summed E-state index contributed by atoms with van der Waals surface area (Å²) in [4.78, 5) is 10.6. The van der Waals surface area contributed by atoms with Crippen molar-refractivity contribution in [1.82, 2.24) is 5.32 Å². The molecule has 1 N–H and O–H groups in total. The molecule has 1 aliphatic carbocycles. The van der Waals surface area contributed by atoms with Crippen LogP contribution in [0.3, 0.4) is 0 Å². The maximum Gasteiger partial charge on any atom is 0.407 e. The third-order valence-corrected chi connectivity index (χ3v) is 1.88. The topological polar surface area (TPSA) is 38.3 Å². The number of hydrogen-bond donors (Lipinski definition) is 1. The van der Waals surface area contributed by atoms with Gasteiger partial charge >= 0.3 is 6.09 Å². The number of carbonyl (C=O) groups is 1. The Morgan fingerprint density at radius 3 is 2.60 bits per heavy atom. The number of rotatable bonds is 1. The molecule has 10 heavy (non-hydrogen) atoms. The van der Waals surface area contributed by atoms with Gasteiger partial charge in [0.15, 0.2) is 0 Å². The van der Waals surface area contributed by atoms with Crippen LogP contribution in [-0.4, -0.2) is 19.2 Å². The minimum atomic E-state index is -0.308. The van der Waals surface area contributed by atoms with E-state index >= 15 is 0 Å². The first kappa shape index (κ1) is 7.38. The fourth-order valence-electron chi connectivity index (χ4n) is 1.25. The molecular weight excluding hydrogens is 130 g/mol. The van der Waals surface area contributed by atoms with Crippen molar-refractivity contribution in [3.05, 3.63) is 0 Å². The molecule has 0 aromatic heterocycles. The maximum atomic E-state index is 10.6. The molecule has 3 heteroatoms. The molecule has 1 aliphatic rings. The van der Waals surface area contributed by atoms with E-state index in [4.69, 9.17) is 0 Å². The molecule has 0 aromatic rings. The summed E-state index contributed by atoms with van der Waals surface area (Å²) < 4.78 is 4.44. The number of ether oxygens (including phenoxy) is 1. The van der Waals surface area contributed by atoms with Gasteiger partial charge in [-0.1, -0.05) is 6.92 Å². The minimum absolute atomic E-state index is 0.308. The van der Waals surface area contributed by atoms with Crippen molar-refractivity contribution in [2.75, 3.05) is 7.11 Å². The highest BCUT2D eigenvalue weighted by molar-refractivity contribution is 5.67. The number of hydrogen-bond acceptors (Lipinski definition) is 2. The average Bonchev–Trinajstić information content (AvgIpc) is 1.84. The lowest BCUT2D eigenvalue weighted by molar-refractivity contribution is 0.150. The summed E-state index contributed by atoms with van der Waals surface area (Å²) in [6, 6.07) is 0.363. The van der Waals surface area contributed by atoms with Crippen LogP contribution < -0.4 is 5.32 Å². The summed E-state index contributed by atoms with van der Waals surface area (Å²) in [7, 11) is 1.39. The summed E-state index contributed by atoms with van der Waals surface area (Å²) in [6.45, 7) is 2.18. The maximum absolute atomic E-state index is 10.6. The lowest BCUT2D eigenvalue weighted by Crippen LogP contribution is -2.43. The first-order valence-corrected chi connectivity index (χ1v) is 3.57. The Labute approximate surface area is 60.7 Å². The minimum Gasteiger partial charge on any atom is -0.453 e. The highest BCUT2D eigenvalue weighted by Gasteiger charge is 2.26. The van der Waals surface area contributed by atoms with Crippen LogP contribution in [-0.2, 0) is 4.74 Å². The van der Waals surface area contributed by atoms with Crippen LogP contribution in [0.5, 0.6) is 0 Å². The average molecular weight is 143 g/mol. The smallest absolute Gasteiger partial charge is 0.407 e. The summed E-state index contributed by atoms with van der Waals surface area (Å²) in [5.41, 5.74) is 0. The Balaban J connectivity index is 2.10. The molecule has 1 amide bonds. The third-order valence-electron chi connectivity index (χ3n) is 1.88. The van der Waals surface area contributed by atoms with E-state index in [-0.39, 0.29) is 6.09 Å². The Morgan fingerprint density at radius 1 is 1.60 bits per heavy atom. The second-order valence-electron chi connectivity index (χ2n) is 2.91. The van der Waals surface area contributed by atoms with Gasteiger partial charge in [-0.2, -0.15) is 0 Å². The molecule has 0 spiro atoms. The van der Waals surface area contributed by atoms with Gasteiger partial charge in [-0.15, -0.1) is 0 Å². The number of methoxy groups -OCH3 is 1. The lowest BCUT2D eigenvalue weighted by Gasteiger charge is -2.32. The van der Waals surface area contributed by atoms with Gasteiger partial charge in [-0.3, -0.25) is 0 Å². The Bertz CT molecular complexity index is 130. The van der Waals surface area contributed by atoms with Gasteiger partial charge in [0.1, 0.15) is 0 Å². The first-order valence-electron chi connectivity index (χ1n) is 3.57. The Hall–Kier alpha value is -0.730. The summed E-state index contributed by atoms with van der Waals surface area (Å²) in [5.74, 6) is 0.766. The molecule has 0 bridgehead atoms. The fourth-order valence-corrected chi connectivity index (χ4v) is 1.25. The van der Waals surface area contributed by atoms with Gasteiger partial charge in [-0.05, 0) is 18.8 Å². The lowest BCUT2D eigenvalue weighted by atomic mass is 9.82. The number of nitrogens with one attached hydrogen (secondary N) is 1. The van der Waals surface area contributed by atoms with Gasteiger partial charge in [-0.25, -0.2) is 4.79 Å². The monoisotopic (exact) mass is 143 g/mol. The van der Waals surface area contributed by atoms with Gasteiger partial charge in [0, 0.05) is 6.04 Å². The molecule has 0 unspecified atom stereocenters. The SMILES string of the molecule is COC(=O)N[C@H]1C[C@H](C)C1. The summed E-state index contributed by atoms with van der Waals surface area (Å²) in [5, 5.41) is 2.74. The summed E-state index contributed by atoms with van der Waals surface area (Å²) >= 11 is 0. The van der Waals surface area contributed by atoms with Crippen molar-refractivity contribution in [2.24, 2.45) is 5.92 Å². The van der Waals surface area contributed by atoms with E-state index in [2.05, 4.69) is 17.0 Å². The van der Waals surface area contributed by atoms with Crippen molar-refractivity contribution >= 4 is 6.09 Å². The highest BCUT2D eigenvalue weighted by atomic mass is 16.5. The standard InChI is InChI=1S/C7H13NO2/c1-5-3-6(4-5)8-7(9)10-2/h5-6H,3-4H2,1-2H3,(H,8,9)/t5-,6-. The Morgan fingerprint density at radius 2 is 2.20 bits per heavy atom. The normalized spacial score (nSPS) is 30.6. The number of amides is 1. The van der Waals surface area contributed by atoms with Gasteiger partial charge < -0.3 is 10.1 Å². The second kappa shape index (κ2) is 2.90. The van der Waals surface area contributed by atoms with Crippen molar-refractivity contribution in [1.29, 1.82) is 0 Å². The molecule has 1 fully saturated rings. The van der Waals surface area contributed by atoms with Crippen LogP contribution >= 0.6 is 0 Å². The molecule has 3 nitrogen and oxygen atoms in total. The van der Waals surface area contributed by atoms with Crippen LogP contribution in [0, 0.1) is 5.92 Å². The molecule has 0 aliphatic heterocycles. The van der Waals surface area contributed by atoms with Crippen molar-refractivity contribution in [3.8, 4) is 0 Å². The molecular formula is C7H13NO2. The molecule has 0 radical (unpaired) electrons. The number of alkyl carbamates (subject to hydrolysis) is 1. The molecule has 58 valence electrons.